The summed E-state index contributed by atoms with van der Waals surface area (Å²) < 4.78 is 0. The van der Waals surface area contributed by atoms with E-state index in [1.807, 2.05) is 0 Å². The van der Waals surface area contributed by atoms with Crippen LogP contribution in [0, 0.1) is 0 Å². The molecule has 0 fully saturated rings. The van der Waals surface area contributed by atoms with Crippen LogP contribution in [0.15, 0.2) is 133 Å². The van der Waals surface area contributed by atoms with E-state index in [0.29, 0.717) is 0 Å². The highest BCUT2D eigenvalue weighted by molar-refractivity contribution is 6.13. The third kappa shape index (κ3) is 4.65. The van der Waals surface area contributed by atoms with Crippen LogP contribution in [0.4, 0.5) is 0 Å². The van der Waals surface area contributed by atoms with Gasteiger partial charge in [0, 0.05) is 13.1 Å². The predicted octanol–water partition coefficient (Wildman–Crippen LogP) is 8.12. The first-order chi connectivity index (χ1) is 17.8. The Morgan fingerprint density at radius 1 is 0.389 bits per heavy atom. The van der Waals surface area contributed by atoms with Gasteiger partial charge in [0.25, 0.3) is 0 Å². The lowest BCUT2D eigenvalue weighted by molar-refractivity contribution is 0.530. The Morgan fingerprint density at radius 2 is 0.944 bits per heavy atom. The van der Waals surface area contributed by atoms with Crippen molar-refractivity contribution in [2.75, 3.05) is 0 Å². The summed E-state index contributed by atoms with van der Waals surface area (Å²) in [7, 11) is 0. The summed E-state index contributed by atoms with van der Waals surface area (Å²) in [5, 5.41) is 5.16. The molecule has 2 nitrogen and oxygen atoms in total. The van der Waals surface area contributed by atoms with E-state index < -0.39 is 0 Å². The second-order valence-electron chi connectivity index (χ2n) is 9.16. The third-order valence-electron chi connectivity index (χ3n) is 6.75. The lowest BCUT2D eigenvalue weighted by Gasteiger charge is -2.13. The molecule has 0 amide bonds. The van der Waals surface area contributed by atoms with Crippen LogP contribution in [-0.4, -0.2) is 0 Å². The SMILES string of the molecule is c1ccc(-c2cccc(CNNCc3cccc(-c4cc5ccccc5c5ccccc45)c3)c2)cc1. The van der Waals surface area contributed by atoms with Crippen LogP contribution in [0.2, 0.25) is 0 Å². The second-order valence-corrected chi connectivity index (χ2v) is 9.16. The standard InChI is InChI=1S/C34H28N2/c1-2-12-27(13-3-1)28-15-8-10-25(20-28)23-35-36-24-26-11-9-16-29(21-26)34-22-30-14-4-5-17-31(30)32-18-6-7-19-33(32)34/h1-22,35-36H,23-24H2. The van der Waals surface area contributed by atoms with E-state index in [0.717, 1.165) is 13.1 Å². The van der Waals surface area contributed by atoms with E-state index >= 15 is 0 Å². The van der Waals surface area contributed by atoms with Crippen molar-refractivity contribution < 1.29 is 0 Å². The van der Waals surface area contributed by atoms with E-state index in [2.05, 4.69) is 144 Å². The number of fused-ring (bicyclic) bond motifs is 3. The highest BCUT2D eigenvalue weighted by atomic mass is 15.3. The molecule has 0 aliphatic heterocycles. The quantitative estimate of drug-likeness (QED) is 0.142. The minimum Gasteiger partial charge on any atom is -0.253 e. The first-order valence-corrected chi connectivity index (χ1v) is 12.4. The number of hydrogen-bond donors (Lipinski definition) is 2. The Hall–Kier alpha value is -4.24. The highest BCUT2D eigenvalue weighted by Crippen LogP contribution is 2.35. The summed E-state index contributed by atoms with van der Waals surface area (Å²) in [6.07, 6.45) is 0. The smallest absolute Gasteiger partial charge is 0.0351 e. The maximum atomic E-state index is 3.40. The molecule has 2 heteroatoms. The van der Waals surface area contributed by atoms with Crippen LogP contribution < -0.4 is 10.9 Å². The molecule has 0 spiro atoms. The van der Waals surface area contributed by atoms with Crippen LogP contribution in [0.3, 0.4) is 0 Å². The van der Waals surface area contributed by atoms with E-state index in [1.165, 1.54) is 54.9 Å². The van der Waals surface area contributed by atoms with Crippen molar-refractivity contribution in [1.82, 2.24) is 10.9 Å². The number of nitrogens with one attached hydrogen (secondary N) is 2. The van der Waals surface area contributed by atoms with Crippen molar-refractivity contribution in [3.63, 3.8) is 0 Å². The Kier molecular flexibility index (Phi) is 6.28. The first-order valence-electron chi connectivity index (χ1n) is 12.4. The molecule has 0 radical (unpaired) electrons. The molecule has 0 saturated heterocycles. The number of rotatable bonds is 7. The van der Waals surface area contributed by atoms with Crippen molar-refractivity contribution in [1.29, 1.82) is 0 Å². The molecule has 6 rings (SSSR count). The topological polar surface area (TPSA) is 24.1 Å². The Morgan fingerprint density at radius 3 is 1.69 bits per heavy atom. The zero-order valence-electron chi connectivity index (χ0n) is 20.1. The van der Waals surface area contributed by atoms with Gasteiger partial charge in [-0.1, -0.05) is 115 Å². The molecular formula is C34H28N2. The molecular weight excluding hydrogens is 436 g/mol. The fourth-order valence-corrected chi connectivity index (χ4v) is 4.96. The largest absolute Gasteiger partial charge is 0.253 e. The fraction of sp³-hybridized carbons (Fsp3) is 0.0588. The monoisotopic (exact) mass is 464 g/mol. The molecule has 0 unspecified atom stereocenters. The molecule has 6 aromatic rings. The Balaban J connectivity index is 1.18. The zero-order valence-corrected chi connectivity index (χ0v) is 20.1. The molecule has 2 N–H and O–H groups in total. The zero-order chi connectivity index (χ0) is 24.2. The van der Waals surface area contributed by atoms with Crippen LogP contribution in [0.25, 0.3) is 43.8 Å². The number of hydrogen-bond acceptors (Lipinski definition) is 2. The normalized spacial score (nSPS) is 11.2. The van der Waals surface area contributed by atoms with Gasteiger partial charge < -0.3 is 0 Å². The third-order valence-corrected chi connectivity index (χ3v) is 6.75. The van der Waals surface area contributed by atoms with E-state index in [9.17, 15) is 0 Å². The van der Waals surface area contributed by atoms with E-state index in [1.54, 1.807) is 0 Å². The van der Waals surface area contributed by atoms with Crippen LogP contribution in [0.5, 0.6) is 0 Å². The summed E-state index contributed by atoms with van der Waals surface area (Å²) in [5.41, 5.74) is 14.3. The minimum atomic E-state index is 0.748. The van der Waals surface area contributed by atoms with Gasteiger partial charge in [-0.25, -0.2) is 0 Å². The number of hydrazine groups is 1. The van der Waals surface area contributed by atoms with E-state index in [4.69, 9.17) is 0 Å². The Bertz CT molecular complexity index is 1640. The summed E-state index contributed by atoms with van der Waals surface area (Å²) >= 11 is 0. The van der Waals surface area contributed by atoms with Gasteiger partial charge in [0.2, 0.25) is 0 Å². The van der Waals surface area contributed by atoms with Gasteiger partial charge >= 0.3 is 0 Å². The van der Waals surface area contributed by atoms with E-state index in [-0.39, 0.29) is 0 Å². The minimum absolute atomic E-state index is 0.748. The van der Waals surface area contributed by atoms with Gasteiger partial charge in [-0.3, -0.25) is 10.9 Å². The van der Waals surface area contributed by atoms with Crippen molar-refractivity contribution in [3.05, 3.63) is 145 Å². The fourth-order valence-electron chi connectivity index (χ4n) is 4.96. The molecule has 174 valence electrons. The highest BCUT2D eigenvalue weighted by Gasteiger charge is 2.09. The molecule has 0 aliphatic carbocycles. The van der Waals surface area contributed by atoms with Gasteiger partial charge in [0.05, 0.1) is 0 Å². The lowest BCUT2D eigenvalue weighted by atomic mass is 9.93. The Labute approximate surface area is 212 Å². The second kappa shape index (κ2) is 10.2. The summed E-state index contributed by atoms with van der Waals surface area (Å²) in [5.74, 6) is 0. The molecule has 0 atom stereocenters. The van der Waals surface area contributed by atoms with Crippen LogP contribution in [0.1, 0.15) is 11.1 Å². The summed E-state index contributed by atoms with van der Waals surface area (Å²) in [6.45, 7) is 1.51. The van der Waals surface area contributed by atoms with Crippen molar-refractivity contribution >= 4 is 21.5 Å². The maximum Gasteiger partial charge on any atom is 0.0351 e. The average molecular weight is 465 g/mol. The average Bonchev–Trinajstić information content (AvgIpc) is 2.96. The summed E-state index contributed by atoms with van der Waals surface area (Å²) in [4.78, 5) is 0. The van der Waals surface area contributed by atoms with Gasteiger partial charge in [-0.15, -0.1) is 0 Å². The molecule has 36 heavy (non-hydrogen) atoms. The van der Waals surface area contributed by atoms with Crippen LogP contribution in [-0.2, 0) is 13.1 Å². The van der Waals surface area contributed by atoms with Gasteiger partial charge in [0.1, 0.15) is 0 Å². The molecule has 6 aromatic carbocycles. The van der Waals surface area contributed by atoms with Crippen molar-refractivity contribution in [2.24, 2.45) is 0 Å². The first kappa shape index (κ1) is 22.2. The number of benzene rings is 6. The van der Waals surface area contributed by atoms with Crippen LogP contribution >= 0.6 is 0 Å². The molecule has 0 aromatic heterocycles. The summed E-state index contributed by atoms with van der Waals surface area (Å²) in [6, 6.07) is 47.7. The maximum absolute atomic E-state index is 3.40. The molecule has 0 aliphatic rings. The molecule has 0 heterocycles. The van der Waals surface area contributed by atoms with Gasteiger partial charge in [0.15, 0.2) is 0 Å². The van der Waals surface area contributed by atoms with Crippen molar-refractivity contribution in [3.8, 4) is 22.3 Å². The predicted molar refractivity (Wildman–Crippen MR) is 152 cm³/mol. The molecule has 0 saturated carbocycles. The molecule has 0 bridgehead atoms. The van der Waals surface area contributed by atoms with Gasteiger partial charge in [-0.2, -0.15) is 0 Å². The van der Waals surface area contributed by atoms with Crippen molar-refractivity contribution in [2.45, 2.75) is 13.1 Å². The van der Waals surface area contributed by atoms with Gasteiger partial charge in [-0.05, 0) is 73.1 Å². The lowest BCUT2D eigenvalue weighted by Crippen LogP contribution is -2.30.